The van der Waals surface area contributed by atoms with Gasteiger partial charge in [-0.3, -0.25) is 4.79 Å². The highest BCUT2D eigenvalue weighted by atomic mass is 35.5. The first-order chi connectivity index (χ1) is 9.52. The van der Waals surface area contributed by atoms with Crippen molar-refractivity contribution in [2.45, 2.75) is 6.92 Å². The average molecular weight is 361 g/mol. The Morgan fingerprint density at radius 3 is 2.64 bits per heavy atom. The standard InChI is InChI=1S/C14H16N4OS.2ClH/c1-3-6-17-14-18-8(2)13(20-14)12(19)9-4-5-10(15)11(16)7-9;;/h3-5,7H,1,6,15-16H2,2H3,(H,17,18);2*1H. The molecule has 1 aromatic carbocycles. The van der Waals surface area contributed by atoms with Crippen molar-refractivity contribution in [3.05, 3.63) is 47.0 Å². The maximum Gasteiger partial charge on any atom is 0.205 e. The molecule has 0 radical (unpaired) electrons. The van der Waals surface area contributed by atoms with E-state index in [0.29, 0.717) is 39.2 Å². The van der Waals surface area contributed by atoms with Crippen LogP contribution in [-0.4, -0.2) is 17.3 Å². The molecule has 8 heteroatoms. The molecule has 1 heterocycles. The van der Waals surface area contributed by atoms with E-state index in [-0.39, 0.29) is 30.6 Å². The molecular formula is C14H18Cl2N4OS. The number of ketones is 1. The monoisotopic (exact) mass is 360 g/mol. The number of nitrogen functional groups attached to an aromatic ring is 2. The summed E-state index contributed by atoms with van der Waals surface area (Å²) in [5.74, 6) is -0.0987. The lowest BCUT2D eigenvalue weighted by Crippen LogP contribution is -2.03. The minimum Gasteiger partial charge on any atom is -0.397 e. The van der Waals surface area contributed by atoms with E-state index in [2.05, 4.69) is 16.9 Å². The topological polar surface area (TPSA) is 94.0 Å². The summed E-state index contributed by atoms with van der Waals surface area (Å²) < 4.78 is 0. The molecule has 0 saturated heterocycles. The summed E-state index contributed by atoms with van der Waals surface area (Å²) in [6.07, 6.45) is 1.74. The number of nitrogens with one attached hydrogen (secondary N) is 1. The van der Waals surface area contributed by atoms with E-state index in [1.165, 1.54) is 11.3 Å². The van der Waals surface area contributed by atoms with Gasteiger partial charge in [-0.15, -0.1) is 31.4 Å². The molecule has 0 amide bonds. The van der Waals surface area contributed by atoms with Gasteiger partial charge in [0.05, 0.1) is 21.9 Å². The number of hydrogen-bond donors (Lipinski definition) is 3. The molecule has 0 fully saturated rings. The SMILES string of the molecule is C=CCNc1nc(C)c(C(=O)c2ccc(N)c(N)c2)s1.Cl.Cl. The van der Waals surface area contributed by atoms with Crippen LogP contribution in [0.5, 0.6) is 0 Å². The maximum atomic E-state index is 12.4. The van der Waals surface area contributed by atoms with Crippen molar-refractivity contribution in [3.63, 3.8) is 0 Å². The summed E-state index contributed by atoms with van der Waals surface area (Å²) in [5, 5.41) is 3.78. The van der Waals surface area contributed by atoms with Gasteiger partial charge >= 0.3 is 0 Å². The first-order valence-electron chi connectivity index (χ1n) is 6.05. The molecular weight excluding hydrogens is 343 g/mol. The van der Waals surface area contributed by atoms with Gasteiger partial charge in [0.2, 0.25) is 5.78 Å². The number of carbonyl (C=O) groups is 1. The number of rotatable bonds is 5. The quantitative estimate of drug-likeness (QED) is 0.432. The van der Waals surface area contributed by atoms with Gasteiger partial charge in [-0.25, -0.2) is 4.98 Å². The van der Waals surface area contributed by atoms with E-state index in [0.717, 1.165) is 0 Å². The van der Waals surface area contributed by atoms with Gasteiger partial charge in [0, 0.05) is 12.1 Å². The highest BCUT2D eigenvalue weighted by Gasteiger charge is 2.17. The number of nitrogens with zero attached hydrogens (tertiary/aromatic N) is 1. The summed E-state index contributed by atoms with van der Waals surface area (Å²) in [4.78, 5) is 17.4. The Morgan fingerprint density at radius 1 is 1.36 bits per heavy atom. The summed E-state index contributed by atoms with van der Waals surface area (Å²) >= 11 is 1.32. The molecule has 0 aliphatic rings. The molecule has 22 heavy (non-hydrogen) atoms. The van der Waals surface area contributed by atoms with Crippen LogP contribution < -0.4 is 16.8 Å². The van der Waals surface area contributed by atoms with Crippen LogP contribution in [0.1, 0.15) is 20.9 Å². The zero-order valence-corrected chi connectivity index (χ0v) is 14.4. The second-order valence-corrected chi connectivity index (χ2v) is 5.28. The smallest absolute Gasteiger partial charge is 0.205 e. The molecule has 5 N–H and O–H groups in total. The van der Waals surface area contributed by atoms with Crippen molar-refractivity contribution in [2.75, 3.05) is 23.3 Å². The van der Waals surface area contributed by atoms with Crippen molar-refractivity contribution in [2.24, 2.45) is 0 Å². The van der Waals surface area contributed by atoms with E-state index in [1.807, 2.05) is 6.92 Å². The lowest BCUT2D eigenvalue weighted by Gasteiger charge is -2.03. The molecule has 2 aromatic rings. The molecule has 0 aliphatic heterocycles. The Balaban J connectivity index is 0.00000220. The fraction of sp³-hybridized carbons (Fsp3) is 0.143. The molecule has 0 unspecified atom stereocenters. The van der Waals surface area contributed by atoms with Gasteiger partial charge in [-0.05, 0) is 25.1 Å². The molecule has 5 nitrogen and oxygen atoms in total. The maximum absolute atomic E-state index is 12.4. The minimum absolute atomic E-state index is 0. The van der Waals surface area contributed by atoms with Crippen LogP contribution in [0.2, 0.25) is 0 Å². The third-order valence-corrected chi connectivity index (χ3v) is 3.86. The van der Waals surface area contributed by atoms with Crippen molar-refractivity contribution >= 4 is 58.4 Å². The van der Waals surface area contributed by atoms with Crippen LogP contribution in [0, 0.1) is 6.92 Å². The molecule has 0 atom stereocenters. The Labute approximate surface area is 145 Å². The predicted molar refractivity (Wildman–Crippen MR) is 98.7 cm³/mol. The largest absolute Gasteiger partial charge is 0.397 e. The van der Waals surface area contributed by atoms with E-state index < -0.39 is 0 Å². The Bertz CT molecular complexity index is 673. The number of benzene rings is 1. The van der Waals surface area contributed by atoms with E-state index in [4.69, 9.17) is 11.5 Å². The van der Waals surface area contributed by atoms with Crippen LogP contribution in [0.15, 0.2) is 30.9 Å². The lowest BCUT2D eigenvalue weighted by molar-refractivity contribution is 0.104. The van der Waals surface area contributed by atoms with Crippen molar-refractivity contribution in [1.29, 1.82) is 0 Å². The van der Waals surface area contributed by atoms with Gasteiger partial charge in [-0.2, -0.15) is 0 Å². The molecule has 2 rings (SSSR count). The van der Waals surface area contributed by atoms with E-state index in [9.17, 15) is 4.79 Å². The number of hydrogen-bond acceptors (Lipinski definition) is 6. The molecule has 0 bridgehead atoms. The normalized spacial score (nSPS) is 9.32. The zero-order valence-electron chi connectivity index (χ0n) is 12.0. The summed E-state index contributed by atoms with van der Waals surface area (Å²) in [5.41, 5.74) is 13.5. The third kappa shape index (κ3) is 4.37. The van der Waals surface area contributed by atoms with Gasteiger partial charge in [0.25, 0.3) is 0 Å². The van der Waals surface area contributed by atoms with Crippen LogP contribution in [0.3, 0.4) is 0 Å². The molecule has 120 valence electrons. The predicted octanol–water partition coefficient (Wildman–Crippen LogP) is 3.29. The number of aromatic nitrogens is 1. The number of nitrogens with two attached hydrogens (primary N) is 2. The van der Waals surface area contributed by atoms with Crippen LogP contribution in [0.4, 0.5) is 16.5 Å². The first kappa shape index (κ1) is 20.2. The summed E-state index contributed by atoms with van der Waals surface area (Å²) in [6, 6.07) is 4.90. The molecule has 1 aromatic heterocycles. The Hall–Kier alpha value is -1.76. The van der Waals surface area contributed by atoms with E-state index >= 15 is 0 Å². The van der Waals surface area contributed by atoms with E-state index in [1.54, 1.807) is 24.3 Å². The zero-order chi connectivity index (χ0) is 14.7. The number of carbonyl (C=O) groups excluding carboxylic acids is 1. The number of aryl methyl sites for hydroxylation is 1. The summed E-state index contributed by atoms with van der Waals surface area (Å²) in [6.45, 7) is 6.04. The van der Waals surface area contributed by atoms with Gasteiger partial charge in [-0.1, -0.05) is 17.4 Å². The highest BCUT2D eigenvalue weighted by Crippen LogP contribution is 2.26. The van der Waals surface area contributed by atoms with Gasteiger partial charge in [0.15, 0.2) is 5.13 Å². The van der Waals surface area contributed by atoms with Crippen molar-refractivity contribution in [1.82, 2.24) is 4.98 Å². The lowest BCUT2D eigenvalue weighted by atomic mass is 10.1. The second kappa shape index (κ2) is 8.63. The third-order valence-electron chi connectivity index (χ3n) is 2.75. The molecule has 0 aliphatic carbocycles. The molecule has 0 saturated carbocycles. The summed E-state index contributed by atoms with van der Waals surface area (Å²) in [7, 11) is 0. The highest BCUT2D eigenvalue weighted by molar-refractivity contribution is 7.17. The fourth-order valence-electron chi connectivity index (χ4n) is 1.69. The van der Waals surface area contributed by atoms with Crippen molar-refractivity contribution in [3.8, 4) is 0 Å². The van der Waals surface area contributed by atoms with Gasteiger partial charge in [0.1, 0.15) is 0 Å². The Kier molecular flexibility index (Phi) is 7.94. The first-order valence-corrected chi connectivity index (χ1v) is 6.86. The van der Waals surface area contributed by atoms with Crippen LogP contribution in [0.25, 0.3) is 0 Å². The average Bonchev–Trinajstić information content (AvgIpc) is 2.80. The number of halogens is 2. The molecule has 0 spiro atoms. The van der Waals surface area contributed by atoms with Crippen LogP contribution in [-0.2, 0) is 0 Å². The number of anilines is 3. The minimum atomic E-state index is -0.0987. The van der Waals surface area contributed by atoms with Crippen LogP contribution >= 0.6 is 36.2 Å². The number of thiazole rings is 1. The Morgan fingerprint density at radius 2 is 2.05 bits per heavy atom. The van der Waals surface area contributed by atoms with Gasteiger partial charge < -0.3 is 16.8 Å². The van der Waals surface area contributed by atoms with Crippen molar-refractivity contribution < 1.29 is 4.79 Å². The fourth-order valence-corrected chi connectivity index (χ4v) is 2.62. The second-order valence-electron chi connectivity index (χ2n) is 4.28.